The van der Waals surface area contributed by atoms with E-state index in [9.17, 15) is 9.59 Å². The van der Waals surface area contributed by atoms with Crippen molar-refractivity contribution in [2.24, 2.45) is 0 Å². The Labute approximate surface area is 264 Å². The Bertz CT molecular complexity index is 2200. The fourth-order valence-corrected chi connectivity index (χ4v) is 6.03. The number of rotatable bonds is 7. The van der Waals surface area contributed by atoms with Crippen LogP contribution >= 0.6 is 0 Å². The molecule has 230 valence electrons. The van der Waals surface area contributed by atoms with Gasteiger partial charge in [-0.05, 0) is 49.6 Å². The highest BCUT2D eigenvalue weighted by Gasteiger charge is 2.28. The Morgan fingerprint density at radius 2 is 1.93 bits per heavy atom. The molecule has 0 unspecified atom stereocenters. The molecule has 0 radical (unpaired) electrons. The molecule has 4 aromatic heterocycles. The van der Waals surface area contributed by atoms with E-state index >= 15 is 0 Å². The molecule has 7 rings (SSSR count). The number of pyridine rings is 1. The summed E-state index contributed by atoms with van der Waals surface area (Å²) >= 11 is 0. The van der Waals surface area contributed by atoms with Crippen LogP contribution in [-0.4, -0.2) is 71.1 Å². The number of hydrogen-bond donors (Lipinski definition) is 2. The van der Waals surface area contributed by atoms with Gasteiger partial charge >= 0.3 is 0 Å². The van der Waals surface area contributed by atoms with E-state index in [0.29, 0.717) is 45.8 Å². The van der Waals surface area contributed by atoms with E-state index in [1.54, 1.807) is 40.7 Å². The Balaban J connectivity index is 1.25. The van der Waals surface area contributed by atoms with E-state index in [1.807, 2.05) is 72.4 Å². The van der Waals surface area contributed by atoms with Crippen molar-refractivity contribution in [1.82, 2.24) is 39.2 Å². The van der Waals surface area contributed by atoms with Crippen molar-refractivity contribution < 1.29 is 9.90 Å². The molecule has 1 aliphatic rings. The van der Waals surface area contributed by atoms with E-state index < -0.39 is 6.04 Å². The largest absolute Gasteiger partial charge is 0.395 e. The second kappa shape index (κ2) is 12.1. The summed E-state index contributed by atoms with van der Waals surface area (Å²) in [5.41, 5.74) is 3.86. The second-order valence-electron chi connectivity index (χ2n) is 11.5. The van der Waals surface area contributed by atoms with Gasteiger partial charge in [-0.1, -0.05) is 42.2 Å². The summed E-state index contributed by atoms with van der Waals surface area (Å²) in [6.07, 6.45) is 7.03. The molecule has 1 aliphatic heterocycles. The van der Waals surface area contributed by atoms with Crippen molar-refractivity contribution in [2.75, 3.05) is 26.2 Å². The van der Waals surface area contributed by atoms with Crippen LogP contribution in [0.4, 0.5) is 0 Å². The Hall–Kier alpha value is -5.57. The monoisotopic (exact) mass is 612 g/mol. The lowest BCUT2D eigenvalue weighted by molar-refractivity contribution is 0.0774. The normalized spacial score (nSPS) is 14.2. The fraction of sp³-hybridized carbons (Fsp3) is 0.229. The van der Waals surface area contributed by atoms with Crippen LogP contribution in [0.5, 0.6) is 0 Å². The molecule has 1 saturated heterocycles. The number of aryl methyl sites for hydroxylation is 1. The SMILES string of the molecule is Cc1nn2cccnc2c1C(=O)N[C@H](C)c1cc2cccc(C#Cc3cnn(C4CN(CCO)C4)c3)c2c(=O)n1-c1ccccc1. The highest BCUT2D eigenvalue weighted by molar-refractivity contribution is 6.01. The number of β-amino-alcohol motifs (C(OH)–C–C–N with tert-alkyl or cyclic N) is 1. The minimum absolute atomic E-state index is 0.148. The van der Waals surface area contributed by atoms with Gasteiger partial charge in [-0.15, -0.1) is 0 Å². The van der Waals surface area contributed by atoms with Gasteiger partial charge in [0.1, 0.15) is 5.56 Å². The molecule has 6 aromatic rings. The minimum Gasteiger partial charge on any atom is -0.395 e. The molecule has 0 bridgehead atoms. The molecule has 5 heterocycles. The molecule has 0 saturated carbocycles. The number of carbonyl (C=O) groups is 1. The molecule has 0 aliphatic carbocycles. The summed E-state index contributed by atoms with van der Waals surface area (Å²) in [4.78, 5) is 34.5. The standard InChI is InChI=1S/C35H32N8O3/c1-23(38-34(45)31-24(2)39-41-15-7-14-36-33(31)41)30-18-27-9-6-8-26(32(27)35(46)43(30)28-10-4-3-5-11-28)13-12-25-19-37-42(20-25)29-21-40(22-29)16-17-44/h3-11,14-15,18-20,23,29,44H,16-17,21-22H2,1-2H3,(H,38,45)/t23-/m1/s1. The fourth-order valence-electron chi connectivity index (χ4n) is 6.03. The number of aromatic nitrogens is 6. The topological polar surface area (TPSA) is 123 Å². The first-order valence-electron chi connectivity index (χ1n) is 15.2. The number of likely N-dealkylation sites (tertiary alicyclic amines) is 1. The average Bonchev–Trinajstić information content (AvgIpc) is 3.65. The lowest BCUT2D eigenvalue weighted by Crippen LogP contribution is -2.48. The van der Waals surface area contributed by atoms with E-state index in [-0.39, 0.29) is 24.1 Å². The minimum atomic E-state index is -0.539. The van der Waals surface area contributed by atoms with Gasteiger partial charge in [0.15, 0.2) is 5.65 Å². The van der Waals surface area contributed by atoms with Crippen molar-refractivity contribution in [3.05, 3.63) is 124 Å². The van der Waals surface area contributed by atoms with Crippen molar-refractivity contribution in [3.63, 3.8) is 0 Å². The zero-order chi connectivity index (χ0) is 31.8. The third kappa shape index (κ3) is 5.34. The van der Waals surface area contributed by atoms with Crippen LogP contribution in [0.3, 0.4) is 0 Å². The van der Waals surface area contributed by atoms with Crippen molar-refractivity contribution >= 4 is 22.3 Å². The molecule has 11 heteroatoms. The highest BCUT2D eigenvalue weighted by atomic mass is 16.3. The first-order valence-corrected chi connectivity index (χ1v) is 15.2. The third-order valence-corrected chi connectivity index (χ3v) is 8.35. The summed E-state index contributed by atoms with van der Waals surface area (Å²) in [7, 11) is 0. The first kappa shape index (κ1) is 29.2. The number of para-hydroxylation sites is 1. The number of nitrogens with zero attached hydrogens (tertiary/aromatic N) is 7. The molecule has 11 nitrogen and oxygen atoms in total. The number of amides is 1. The van der Waals surface area contributed by atoms with Crippen LogP contribution in [-0.2, 0) is 0 Å². The number of aliphatic hydroxyl groups is 1. The van der Waals surface area contributed by atoms with Gasteiger partial charge < -0.3 is 10.4 Å². The second-order valence-corrected chi connectivity index (χ2v) is 11.5. The molecular formula is C35H32N8O3. The van der Waals surface area contributed by atoms with Gasteiger partial charge in [0.25, 0.3) is 11.5 Å². The number of carbonyl (C=O) groups excluding carboxylic acids is 1. The first-order chi connectivity index (χ1) is 22.4. The van der Waals surface area contributed by atoms with Gasteiger partial charge in [0.2, 0.25) is 0 Å². The molecule has 46 heavy (non-hydrogen) atoms. The van der Waals surface area contributed by atoms with Gasteiger partial charge in [-0.3, -0.25) is 23.7 Å². The highest BCUT2D eigenvalue weighted by Crippen LogP contribution is 2.25. The van der Waals surface area contributed by atoms with Crippen LogP contribution in [0, 0.1) is 18.8 Å². The number of nitrogens with one attached hydrogen (secondary N) is 1. The quantitative estimate of drug-likeness (QED) is 0.266. The van der Waals surface area contributed by atoms with Gasteiger partial charge in [0.05, 0.1) is 41.5 Å². The molecule has 2 aromatic carbocycles. The summed E-state index contributed by atoms with van der Waals surface area (Å²) in [5, 5.41) is 22.4. The molecule has 0 spiro atoms. The van der Waals surface area contributed by atoms with Crippen molar-refractivity contribution in [2.45, 2.75) is 25.9 Å². The number of benzene rings is 2. The van der Waals surface area contributed by atoms with Gasteiger partial charge in [-0.2, -0.15) is 10.2 Å². The average molecular weight is 613 g/mol. The van der Waals surface area contributed by atoms with Crippen LogP contribution in [0.25, 0.3) is 22.1 Å². The number of aliphatic hydroxyl groups excluding tert-OH is 1. The Kier molecular flexibility index (Phi) is 7.66. The van der Waals surface area contributed by atoms with E-state index in [0.717, 1.165) is 24.0 Å². The van der Waals surface area contributed by atoms with Gasteiger partial charge in [-0.25, -0.2) is 9.50 Å². The predicted molar refractivity (Wildman–Crippen MR) is 174 cm³/mol. The summed E-state index contributed by atoms with van der Waals surface area (Å²) < 4.78 is 5.14. The van der Waals surface area contributed by atoms with E-state index in [1.165, 1.54) is 0 Å². The van der Waals surface area contributed by atoms with E-state index in [2.05, 4.69) is 37.2 Å². The zero-order valence-electron chi connectivity index (χ0n) is 25.5. The summed E-state index contributed by atoms with van der Waals surface area (Å²) in [6.45, 7) is 6.13. The van der Waals surface area contributed by atoms with Crippen molar-refractivity contribution in [1.29, 1.82) is 0 Å². The number of fused-ring (bicyclic) bond motifs is 2. The summed E-state index contributed by atoms with van der Waals surface area (Å²) in [6, 6.07) is 18.4. The summed E-state index contributed by atoms with van der Waals surface area (Å²) in [5.74, 6) is 6.08. The van der Waals surface area contributed by atoms with Crippen LogP contribution in [0.2, 0.25) is 0 Å². The molecule has 1 amide bonds. The maximum absolute atomic E-state index is 14.4. The maximum Gasteiger partial charge on any atom is 0.264 e. The van der Waals surface area contributed by atoms with Crippen LogP contribution in [0.15, 0.2) is 90.2 Å². The van der Waals surface area contributed by atoms with Crippen LogP contribution < -0.4 is 10.9 Å². The predicted octanol–water partition coefficient (Wildman–Crippen LogP) is 3.28. The van der Waals surface area contributed by atoms with Gasteiger partial charge in [0, 0.05) is 55.2 Å². The van der Waals surface area contributed by atoms with Crippen molar-refractivity contribution in [3.8, 4) is 17.5 Å². The Morgan fingerprint density at radius 1 is 1.11 bits per heavy atom. The zero-order valence-corrected chi connectivity index (χ0v) is 25.5. The maximum atomic E-state index is 14.4. The third-order valence-electron chi connectivity index (χ3n) is 8.35. The molecule has 1 atom stereocenters. The number of hydrogen-bond acceptors (Lipinski definition) is 7. The van der Waals surface area contributed by atoms with E-state index in [4.69, 9.17) is 5.11 Å². The molecule has 1 fully saturated rings. The lowest BCUT2D eigenvalue weighted by Gasteiger charge is -2.38. The Morgan fingerprint density at radius 3 is 2.74 bits per heavy atom. The van der Waals surface area contributed by atoms with Crippen LogP contribution in [0.1, 0.15) is 51.9 Å². The smallest absolute Gasteiger partial charge is 0.264 e. The molecule has 2 N–H and O–H groups in total. The molecular weight excluding hydrogens is 580 g/mol. The lowest BCUT2D eigenvalue weighted by atomic mass is 10.0.